The van der Waals surface area contributed by atoms with Crippen LogP contribution in [0.1, 0.15) is 44.9 Å². The normalized spacial score (nSPS) is 26.7. The van der Waals surface area contributed by atoms with Crippen molar-refractivity contribution < 1.29 is 23.5 Å². The summed E-state index contributed by atoms with van der Waals surface area (Å²) in [7, 11) is 0. The summed E-state index contributed by atoms with van der Waals surface area (Å²) in [5.41, 5.74) is 0. The topological polar surface area (TPSA) is 72.9 Å². The molecule has 0 aromatic carbocycles. The van der Waals surface area contributed by atoms with Crippen molar-refractivity contribution >= 4 is 12.0 Å². The number of hydrogen-bond acceptors (Lipinski definition) is 3. The average Bonchev–Trinajstić information content (AvgIpc) is 2.58. The summed E-state index contributed by atoms with van der Waals surface area (Å²) in [6.07, 6.45) is 5.12. The molecule has 8 heteroatoms. The van der Waals surface area contributed by atoms with Gasteiger partial charge in [0.1, 0.15) is 6.04 Å². The first-order chi connectivity index (χ1) is 11.9. The lowest BCUT2D eigenvalue weighted by Gasteiger charge is -2.47. The molecule has 6 nitrogen and oxygen atoms in total. The minimum Gasteiger partial charge on any atom is -0.465 e. The molecule has 2 saturated heterocycles. The highest BCUT2D eigenvalue weighted by molar-refractivity contribution is 5.85. The van der Waals surface area contributed by atoms with Gasteiger partial charge >= 0.3 is 6.09 Å². The maximum absolute atomic E-state index is 13.0. The van der Waals surface area contributed by atoms with Gasteiger partial charge in [-0.1, -0.05) is 19.3 Å². The smallest absolute Gasteiger partial charge is 0.405 e. The zero-order valence-electron chi connectivity index (χ0n) is 14.4. The summed E-state index contributed by atoms with van der Waals surface area (Å²) in [5.74, 6) is -2.66. The largest absolute Gasteiger partial charge is 0.465 e. The molecule has 0 aromatic heterocycles. The zero-order chi connectivity index (χ0) is 18.0. The molecule has 142 valence electrons. The first kappa shape index (κ1) is 18.4. The van der Waals surface area contributed by atoms with Gasteiger partial charge < -0.3 is 15.3 Å². The highest BCUT2D eigenvalue weighted by atomic mass is 19.3. The summed E-state index contributed by atoms with van der Waals surface area (Å²) in [5, 5.41) is 11.5. The van der Waals surface area contributed by atoms with Gasteiger partial charge in [-0.3, -0.25) is 9.69 Å². The number of piperidine rings is 1. The van der Waals surface area contributed by atoms with E-state index in [1.54, 1.807) is 9.80 Å². The van der Waals surface area contributed by atoms with E-state index in [9.17, 15) is 18.4 Å². The molecular weight excluding hydrogens is 332 g/mol. The summed E-state index contributed by atoms with van der Waals surface area (Å²) in [6.45, 7) is 0.653. The fourth-order valence-electron chi connectivity index (χ4n) is 4.44. The molecule has 2 heterocycles. The lowest BCUT2D eigenvalue weighted by molar-refractivity contribution is -0.155. The van der Waals surface area contributed by atoms with Crippen molar-refractivity contribution in [3.63, 3.8) is 0 Å². The minimum atomic E-state index is -2.57. The molecule has 2 amide bonds. The van der Waals surface area contributed by atoms with Crippen LogP contribution in [0.15, 0.2) is 0 Å². The second kappa shape index (κ2) is 7.43. The van der Waals surface area contributed by atoms with E-state index < -0.39 is 18.1 Å². The lowest BCUT2D eigenvalue weighted by atomic mass is 9.83. The van der Waals surface area contributed by atoms with Crippen LogP contribution in [0.5, 0.6) is 0 Å². The van der Waals surface area contributed by atoms with Gasteiger partial charge in [0.2, 0.25) is 5.91 Å². The number of likely N-dealkylation sites (tertiary alicyclic amines) is 2. The van der Waals surface area contributed by atoms with Crippen LogP contribution in [0.2, 0.25) is 0 Å². The highest BCUT2D eigenvalue weighted by Crippen LogP contribution is 2.32. The Balaban J connectivity index is 1.54. The van der Waals surface area contributed by atoms with Crippen LogP contribution in [0.25, 0.3) is 0 Å². The first-order valence-electron chi connectivity index (χ1n) is 9.26. The predicted octanol–water partition coefficient (Wildman–Crippen LogP) is 2.14. The van der Waals surface area contributed by atoms with Crippen LogP contribution in [0, 0.1) is 5.92 Å². The molecule has 2 aliphatic heterocycles. The maximum atomic E-state index is 13.0. The minimum absolute atomic E-state index is 0.0594. The quantitative estimate of drug-likeness (QED) is 0.807. The lowest BCUT2D eigenvalue weighted by Crippen LogP contribution is -2.62. The van der Waals surface area contributed by atoms with Gasteiger partial charge in [-0.05, 0) is 31.6 Å². The van der Waals surface area contributed by atoms with E-state index in [1.807, 2.05) is 0 Å². The van der Waals surface area contributed by atoms with E-state index in [0.29, 0.717) is 25.9 Å². The molecule has 1 atom stereocenters. The van der Waals surface area contributed by atoms with Gasteiger partial charge in [0.15, 0.2) is 0 Å². The van der Waals surface area contributed by atoms with Crippen molar-refractivity contribution in [2.24, 2.45) is 5.92 Å². The Morgan fingerprint density at radius 1 is 1.04 bits per heavy atom. The highest BCUT2D eigenvalue weighted by Gasteiger charge is 2.47. The van der Waals surface area contributed by atoms with Crippen molar-refractivity contribution in [1.82, 2.24) is 15.1 Å². The Kier molecular flexibility index (Phi) is 5.46. The average molecular weight is 359 g/mol. The Morgan fingerprint density at radius 2 is 1.64 bits per heavy atom. The van der Waals surface area contributed by atoms with Crippen LogP contribution in [-0.2, 0) is 4.79 Å². The number of nitrogens with zero attached hydrogens (tertiary/aromatic N) is 2. The summed E-state index contributed by atoms with van der Waals surface area (Å²) >= 11 is 0. The maximum Gasteiger partial charge on any atom is 0.405 e. The Morgan fingerprint density at radius 3 is 2.16 bits per heavy atom. The summed E-state index contributed by atoms with van der Waals surface area (Å²) in [6, 6.07) is -0.577. The second-order valence-electron chi connectivity index (χ2n) is 7.64. The Hall–Kier alpha value is -1.44. The predicted molar refractivity (Wildman–Crippen MR) is 87.6 cm³/mol. The zero-order valence-corrected chi connectivity index (χ0v) is 14.4. The molecule has 0 aromatic rings. The molecule has 0 radical (unpaired) electrons. The number of nitrogens with one attached hydrogen (secondary N) is 1. The van der Waals surface area contributed by atoms with Crippen molar-refractivity contribution in [2.75, 3.05) is 26.2 Å². The fraction of sp³-hybridized carbons (Fsp3) is 0.882. The molecular formula is C17H27F2N3O3. The van der Waals surface area contributed by atoms with E-state index >= 15 is 0 Å². The van der Waals surface area contributed by atoms with Crippen molar-refractivity contribution in [1.29, 1.82) is 0 Å². The van der Waals surface area contributed by atoms with E-state index in [4.69, 9.17) is 5.11 Å². The number of carboxylic acid groups (broad SMARTS) is 1. The first-order valence-corrected chi connectivity index (χ1v) is 9.26. The number of amides is 2. The SMILES string of the molecule is O=C(O)N[C@H](C(=O)N1CCC(N2CC(F)(F)C2)CC1)C1CCCCC1. The van der Waals surface area contributed by atoms with Gasteiger partial charge in [-0.25, -0.2) is 13.6 Å². The van der Waals surface area contributed by atoms with Crippen molar-refractivity contribution in [2.45, 2.75) is 63.0 Å². The third-order valence-corrected chi connectivity index (χ3v) is 5.83. The van der Waals surface area contributed by atoms with Crippen molar-refractivity contribution in [3.05, 3.63) is 0 Å². The van der Waals surface area contributed by atoms with Gasteiger partial charge in [-0.15, -0.1) is 0 Å². The number of hydrogen-bond donors (Lipinski definition) is 2. The van der Waals surface area contributed by atoms with Crippen LogP contribution >= 0.6 is 0 Å². The Bertz CT molecular complexity index is 495. The second-order valence-corrected chi connectivity index (χ2v) is 7.64. The van der Waals surface area contributed by atoms with Crippen molar-refractivity contribution in [3.8, 4) is 0 Å². The molecule has 2 N–H and O–H groups in total. The molecule has 0 bridgehead atoms. The molecule has 0 spiro atoms. The number of alkyl halides is 2. The van der Waals surface area contributed by atoms with Crippen LogP contribution < -0.4 is 5.32 Å². The standard InChI is InChI=1S/C17H27F2N3O3/c18-17(19)10-22(11-17)13-6-8-21(9-7-13)15(23)14(20-16(24)25)12-4-2-1-3-5-12/h12-14,20H,1-11H2,(H,24,25)/t14-/m0/s1. The van der Waals surface area contributed by atoms with Crippen LogP contribution in [-0.4, -0.2) is 71.1 Å². The molecule has 3 aliphatic rings. The number of rotatable bonds is 4. The van der Waals surface area contributed by atoms with Crippen LogP contribution in [0.4, 0.5) is 13.6 Å². The van der Waals surface area contributed by atoms with Gasteiger partial charge in [-0.2, -0.15) is 0 Å². The van der Waals surface area contributed by atoms with Gasteiger partial charge in [0, 0.05) is 19.1 Å². The van der Waals surface area contributed by atoms with E-state index in [1.165, 1.54) is 0 Å². The number of carbonyl (C=O) groups is 2. The number of halogens is 2. The molecule has 3 rings (SSSR count). The van der Waals surface area contributed by atoms with Crippen LogP contribution in [0.3, 0.4) is 0 Å². The van der Waals surface area contributed by atoms with Gasteiger partial charge in [0.25, 0.3) is 5.92 Å². The molecule has 3 fully saturated rings. The van der Waals surface area contributed by atoms with E-state index in [2.05, 4.69) is 5.32 Å². The third kappa shape index (κ3) is 4.40. The summed E-state index contributed by atoms with van der Waals surface area (Å²) < 4.78 is 26.0. The van der Waals surface area contributed by atoms with E-state index in [0.717, 1.165) is 32.1 Å². The molecule has 25 heavy (non-hydrogen) atoms. The molecule has 1 saturated carbocycles. The third-order valence-electron chi connectivity index (χ3n) is 5.83. The molecule has 0 unspecified atom stereocenters. The number of carbonyl (C=O) groups excluding carboxylic acids is 1. The summed E-state index contributed by atoms with van der Waals surface area (Å²) in [4.78, 5) is 27.5. The van der Waals surface area contributed by atoms with E-state index in [-0.39, 0.29) is 31.0 Å². The molecule has 1 aliphatic carbocycles. The monoisotopic (exact) mass is 359 g/mol. The fourth-order valence-corrected chi connectivity index (χ4v) is 4.44. The van der Waals surface area contributed by atoms with Gasteiger partial charge in [0.05, 0.1) is 13.1 Å². The Labute approximate surface area is 146 Å².